The van der Waals surface area contributed by atoms with Crippen LogP contribution in [-0.2, 0) is 7.05 Å². The van der Waals surface area contributed by atoms with Crippen molar-refractivity contribution in [2.45, 2.75) is 0 Å². The minimum absolute atomic E-state index is 0.175. The predicted octanol–water partition coefficient (Wildman–Crippen LogP) is 1.38. The molecule has 0 aliphatic rings. The molecule has 0 spiro atoms. The number of aromatic hydroxyl groups is 1. The van der Waals surface area contributed by atoms with E-state index in [-0.39, 0.29) is 5.75 Å². The molecule has 1 N–H and O–H groups in total. The lowest BCUT2D eigenvalue weighted by Crippen LogP contribution is -2.25. The number of aromatic nitrogens is 1. The summed E-state index contributed by atoms with van der Waals surface area (Å²) >= 11 is 0. The Kier molecular flexibility index (Phi) is 2.00. The summed E-state index contributed by atoms with van der Waals surface area (Å²) in [5.41, 5.74) is 0. The number of rotatable bonds is 1. The number of aryl methyl sites for hydroxylation is 1. The summed E-state index contributed by atoms with van der Waals surface area (Å²) in [6, 6.07) is 5.48. The smallest absolute Gasteiger partial charge is 0.176 e. The number of ether oxygens (including phenoxy) is 1. The van der Waals surface area contributed by atoms with Crippen molar-refractivity contribution in [2.24, 2.45) is 7.05 Å². The highest BCUT2D eigenvalue weighted by Crippen LogP contribution is 2.30. The van der Waals surface area contributed by atoms with Crippen LogP contribution in [0.5, 0.6) is 11.5 Å². The van der Waals surface area contributed by atoms with Crippen LogP contribution in [0.25, 0.3) is 10.8 Å². The molecule has 0 fully saturated rings. The van der Waals surface area contributed by atoms with E-state index in [1.807, 2.05) is 36.1 Å². The fourth-order valence-electron chi connectivity index (χ4n) is 1.48. The van der Waals surface area contributed by atoms with Gasteiger partial charge in [0.1, 0.15) is 7.05 Å². The third-order valence-corrected chi connectivity index (χ3v) is 2.22. The van der Waals surface area contributed by atoms with Crippen LogP contribution in [0, 0.1) is 0 Å². The maximum atomic E-state index is 9.55. The summed E-state index contributed by atoms with van der Waals surface area (Å²) in [4.78, 5) is 0. The van der Waals surface area contributed by atoms with Crippen LogP contribution in [0.2, 0.25) is 0 Å². The second kappa shape index (κ2) is 3.18. The molecule has 0 aliphatic carbocycles. The zero-order chi connectivity index (χ0) is 10.1. The number of phenols is 1. The van der Waals surface area contributed by atoms with E-state index in [9.17, 15) is 5.11 Å². The lowest BCUT2D eigenvalue weighted by molar-refractivity contribution is -0.670. The van der Waals surface area contributed by atoms with Crippen molar-refractivity contribution < 1.29 is 14.4 Å². The van der Waals surface area contributed by atoms with Gasteiger partial charge in [-0.1, -0.05) is 0 Å². The lowest BCUT2D eigenvalue weighted by atomic mass is 10.1. The molecule has 0 atom stereocenters. The largest absolute Gasteiger partial charge is 0.504 e. The summed E-state index contributed by atoms with van der Waals surface area (Å²) in [6.07, 6.45) is 3.92. The van der Waals surface area contributed by atoms with Gasteiger partial charge >= 0.3 is 0 Å². The number of fused-ring (bicyclic) bond motifs is 1. The van der Waals surface area contributed by atoms with Crippen LogP contribution in [0.3, 0.4) is 0 Å². The van der Waals surface area contributed by atoms with Crippen molar-refractivity contribution in [3.8, 4) is 11.5 Å². The van der Waals surface area contributed by atoms with Gasteiger partial charge in [-0.2, -0.15) is 0 Å². The zero-order valence-corrected chi connectivity index (χ0v) is 8.19. The average molecular weight is 190 g/mol. The van der Waals surface area contributed by atoms with E-state index < -0.39 is 0 Å². The Labute approximate surface area is 82.2 Å². The lowest BCUT2D eigenvalue weighted by Gasteiger charge is -2.03. The Morgan fingerprint density at radius 2 is 2.07 bits per heavy atom. The Morgan fingerprint density at radius 3 is 2.79 bits per heavy atom. The highest BCUT2D eigenvalue weighted by Gasteiger charge is 2.05. The summed E-state index contributed by atoms with van der Waals surface area (Å²) in [7, 11) is 3.50. The number of hydrogen-bond acceptors (Lipinski definition) is 2. The molecule has 72 valence electrons. The van der Waals surface area contributed by atoms with Crippen LogP contribution in [-0.4, -0.2) is 12.2 Å². The molecule has 0 aliphatic heterocycles. The van der Waals surface area contributed by atoms with E-state index in [1.165, 1.54) is 0 Å². The zero-order valence-electron chi connectivity index (χ0n) is 8.19. The van der Waals surface area contributed by atoms with Gasteiger partial charge in [-0.3, -0.25) is 0 Å². The SMILES string of the molecule is COc1cc2c[n+](C)ccc2cc1O. The topological polar surface area (TPSA) is 33.3 Å². The Balaban J connectivity index is 2.73. The van der Waals surface area contributed by atoms with Crippen molar-refractivity contribution in [3.63, 3.8) is 0 Å². The highest BCUT2D eigenvalue weighted by molar-refractivity contribution is 5.84. The minimum Gasteiger partial charge on any atom is -0.504 e. The van der Waals surface area contributed by atoms with Gasteiger partial charge in [0.25, 0.3) is 0 Å². The molecule has 14 heavy (non-hydrogen) atoms. The summed E-state index contributed by atoms with van der Waals surface area (Å²) in [5.74, 6) is 0.678. The van der Waals surface area contributed by atoms with Crippen LogP contribution in [0.1, 0.15) is 0 Å². The first-order valence-electron chi connectivity index (χ1n) is 4.36. The van der Waals surface area contributed by atoms with Gasteiger partial charge in [0.2, 0.25) is 0 Å². The third kappa shape index (κ3) is 1.37. The van der Waals surface area contributed by atoms with Gasteiger partial charge in [0, 0.05) is 11.5 Å². The molecular formula is C11H12NO2+. The summed E-state index contributed by atoms with van der Waals surface area (Å²) in [5, 5.41) is 11.6. The molecule has 0 amide bonds. The molecule has 0 bridgehead atoms. The molecule has 2 aromatic rings. The number of benzene rings is 1. The monoisotopic (exact) mass is 190 g/mol. The normalized spacial score (nSPS) is 10.4. The number of pyridine rings is 1. The quantitative estimate of drug-likeness (QED) is 0.689. The van der Waals surface area contributed by atoms with Crippen molar-refractivity contribution >= 4 is 10.8 Å². The summed E-state index contributed by atoms with van der Waals surface area (Å²) < 4.78 is 6.99. The van der Waals surface area contributed by atoms with Crippen molar-refractivity contribution in [1.29, 1.82) is 0 Å². The molecule has 0 saturated heterocycles. The van der Waals surface area contributed by atoms with E-state index in [1.54, 1.807) is 13.2 Å². The van der Waals surface area contributed by atoms with Crippen LogP contribution in [0.15, 0.2) is 30.6 Å². The molecule has 1 heterocycles. The Bertz CT molecular complexity index is 480. The summed E-state index contributed by atoms with van der Waals surface area (Å²) in [6.45, 7) is 0. The third-order valence-electron chi connectivity index (χ3n) is 2.22. The van der Waals surface area contributed by atoms with Crippen LogP contribution < -0.4 is 9.30 Å². The van der Waals surface area contributed by atoms with Crippen molar-refractivity contribution in [3.05, 3.63) is 30.6 Å². The Morgan fingerprint density at radius 1 is 1.29 bits per heavy atom. The fourth-order valence-corrected chi connectivity index (χ4v) is 1.48. The minimum atomic E-state index is 0.175. The van der Waals surface area contributed by atoms with Gasteiger partial charge < -0.3 is 9.84 Å². The van der Waals surface area contributed by atoms with Gasteiger partial charge in [-0.15, -0.1) is 0 Å². The number of phenolic OH excluding ortho intramolecular Hbond substituents is 1. The second-order valence-electron chi connectivity index (χ2n) is 3.26. The first kappa shape index (κ1) is 8.81. The number of hydrogen-bond donors (Lipinski definition) is 1. The maximum absolute atomic E-state index is 9.55. The molecule has 1 aromatic heterocycles. The van der Waals surface area contributed by atoms with Crippen LogP contribution in [0.4, 0.5) is 0 Å². The van der Waals surface area contributed by atoms with Gasteiger partial charge in [-0.25, -0.2) is 4.57 Å². The first-order chi connectivity index (χ1) is 6.70. The van der Waals surface area contributed by atoms with Gasteiger partial charge in [0.15, 0.2) is 23.9 Å². The molecule has 3 heteroatoms. The molecule has 0 unspecified atom stereocenters. The predicted molar refractivity (Wildman–Crippen MR) is 53.3 cm³/mol. The van der Waals surface area contributed by atoms with E-state index >= 15 is 0 Å². The van der Waals surface area contributed by atoms with E-state index in [4.69, 9.17) is 4.74 Å². The fraction of sp³-hybridized carbons (Fsp3) is 0.182. The van der Waals surface area contributed by atoms with Crippen molar-refractivity contribution in [2.75, 3.05) is 7.11 Å². The van der Waals surface area contributed by atoms with Crippen LogP contribution >= 0.6 is 0 Å². The maximum Gasteiger partial charge on any atom is 0.176 e. The molecule has 3 nitrogen and oxygen atoms in total. The van der Waals surface area contributed by atoms with E-state index in [0.29, 0.717) is 5.75 Å². The van der Waals surface area contributed by atoms with Crippen molar-refractivity contribution in [1.82, 2.24) is 0 Å². The standard InChI is InChI=1S/C11H11NO2/c1-12-4-3-8-5-10(13)11(14-2)6-9(8)7-12/h3-7H,1-2H3/p+1. The molecule has 2 rings (SSSR count). The highest BCUT2D eigenvalue weighted by atomic mass is 16.5. The van der Waals surface area contributed by atoms with E-state index in [2.05, 4.69) is 0 Å². The molecule has 0 radical (unpaired) electrons. The molecule has 0 saturated carbocycles. The number of nitrogens with zero attached hydrogens (tertiary/aromatic N) is 1. The van der Waals surface area contributed by atoms with Gasteiger partial charge in [0.05, 0.1) is 7.11 Å². The first-order valence-corrected chi connectivity index (χ1v) is 4.36. The number of methoxy groups -OCH3 is 1. The van der Waals surface area contributed by atoms with Gasteiger partial charge in [-0.05, 0) is 17.5 Å². The van der Waals surface area contributed by atoms with E-state index in [0.717, 1.165) is 10.8 Å². The second-order valence-corrected chi connectivity index (χ2v) is 3.26. The average Bonchev–Trinajstić information content (AvgIpc) is 2.17. The molecule has 1 aromatic carbocycles. The molecular weight excluding hydrogens is 178 g/mol. The Hall–Kier alpha value is -1.77.